The number of hydrogen-bond donors (Lipinski definition) is 5. The molecular formula is C57H83Cl2N2O13P. The molecule has 6 aliphatic rings. The number of nitrogens with zero attached hydrogens (tertiary/aromatic N) is 1. The van der Waals surface area contributed by atoms with E-state index in [1.54, 1.807) is 29.2 Å². The highest BCUT2D eigenvalue weighted by Crippen LogP contribution is 2.70. The molecule has 0 aromatic heterocycles. The van der Waals surface area contributed by atoms with Gasteiger partial charge in [-0.1, -0.05) is 101 Å². The molecule has 5 aliphatic carbocycles. The Kier molecular flexibility index (Phi) is 22.2. The zero-order valence-corrected chi connectivity index (χ0v) is 46.6. The SMILES string of the molecule is CCN(CC(=O)OCC(=O)[C@@]12O[C@H](C3CCCCC3)O[C@@H]1C[C@H]1[C@@H]3CCC4=CC(=O)C=C[C@]4(C)[C@H]3[C@@H](O)C[C@@]12C)Cc1cc(C(O)CNCCCCCCOCCCCc2ccccc2)ccc1OP(=O)(O)O.Cl.Cl. The van der Waals surface area contributed by atoms with E-state index < -0.39 is 61.4 Å². The standard InChI is InChI=1S/C57H81N2O13P.2ClH/c1-4-59(36-42-31-41(22-25-49(42)72-73(65,66)67)48(62)35-58-28-14-5-6-15-29-68-30-16-13-19-39-17-9-7-10-18-39)37-52(64)69-38-50(63)57-51(70-54(71-57)40-20-11-8-12-21-40)33-46-45-24-23-43-32-44(60)26-27-55(43,2)53(45)47(61)34-56(46,57)3;;/h7,9-10,17-18,22,25-27,31-32,40,45-48,51,53-54,58,61-62H,4-6,8,11-16,19-21,23-24,28-30,33-38H2,1-3H3,(H2,65,66,67);2*1H/t45-,46-,47-,48?,51+,53+,54+,55-,56-,57+;;/m0../s1. The Morgan fingerprint density at radius 1 is 0.960 bits per heavy atom. The van der Waals surface area contributed by atoms with Crippen molar-refractivity contribution in [3.63, 3.8) is 0 Å². The number of carbonyl (C=O) groups excluding carboxylic acids is 3. The van der Waals surface area contributed by atoms with Crippen LogP contribution >= 0.6 is 32.6 Å². The lowest BCUT2D eigenvalue weighted by molar-refractivity contribution is -0.210. The van der Waals surface area contributed by atoms with Gasteiger partial charge in [0.05, 0.1) is 24.9 Å². The van der Waals surface area contributed by atoms with Gasteiger partial charge in [-0.2, -0.15) is 0 Å². The number of fused-ring (bicyclic) bond motifs is 7. The van der Waals surface area contributed by atoms with E-state index in [4.69, 9.17) is 23.5 Å². The van der Waals surface area contributed by atoms with E-state index in [-0.39, 0.29) is 85.4 Å². The van der Waals surface area contributed by atoms with Crippen LogP contribution in [0.1, 0.15) is 140 Å². The molecule has 2 aromatic rings. The third-order valence-corrected chi connectivity index (χ3v) is 18.0. The van der Waals surface area contributed by atoms with Crippen LogP contribution in [-0.4, -0.2) is 113 Å². The maximum Gasteiger partial charge on any atom is 0.524 e. The molecule has 75 heavy (non-hydrogen) atoms. The smallest absolute Gasteiger partial charge is 0.457 e. The van der Waals surface area contributed by atoms with Gasteiger partial charge < -0.3 is 39.0 Å². The maximum atomic E-state index is 15.0. The molecule has 8 rings (SSSR count). The maximum absolute atomic E-state index is 15.0. The molecule has 15 nitrogen and oxygen atoms in total. The normalized spacial score (nSPS) is 29.5. The zero-order valence-electron chi connectivity index (χ0n) is 44.1. The van der Waals surface area contributed by atoms with Crippen molar-refractivity contribution in [3.8, 4) is 5.75 Å². The van der Waals surface area contributed by atoms with E-state index in [0.29, 0.717) is 37.1 Å². The molecule has 10 atom stereocenters. The zero-order chi connectivity index (χ0) is 51.8. The minimum Gasteiger partial charge on any atom is -0.457 e. The Morgan fingerprint density at radius 2 is 1.69 bits per heavy atom. The number of Topliss-reactive ketones (excluding diaryl/α,β-unsaturated/α-hetero) is 1. The molecule has 18 heteroatoms. The molecule has 5 fully saturated rings. The van der Waals surface area contributed by atoms with Crippen LogP contribution in [0.25, 0.3) is 0 Å². The summed E-state index contributed by atoms with van der Waals surface area (Å²) in [7, 11) is -4.97. The molecule has 2 aromatic carbocycles. The second-order valence-electron chi connectivity index (χ2n) is 22.2. The molecule has 1 saturated heterocycles. The molecule has 0 radical (unpaired) electrons. The second-order valence-corrected chi connectivity index (χ2v) is 23.4. The van der Waals surface area contributed by atoms with Crippen LogP contribution in [-0.2, 0) is 50.9 Å². The van der Waals surface area contributed by atoms with Crippen LogP contribution in [0.3, 0.4) is 0 Å². The lowest BCUT2D eigenvalue weighted by atomic mass is 9.46. The predicted molar refractivity (Wildman–Crippen MR) is 289 cm³/mol. The van der Waals surface area contributed by atoms with E-state index in [2.05, 4.69) is 43.4 Å². The number of likely N-dealkylation sites (N-methyl/N-ethyl adjacent to an activating group) is 1. The van der Waals surface area contributed by atoms with Gasteiger partial charge in [-0.05, 0) is 131 Å². The molecule has 4 saturated carbocycles. The number of phosphoric acid groups is 1. The minimum atomic E-state index is -4.97. The van der Waals surface area contributed by atoms with Crippen LogP contribution in [0.15, 0.2) is 72.3 Å². The van der Waals surface area contributed by atoms with Gasteiger partial charge in [0.2, 0.25) is 5.78 Å². The van der Waals surface area contributed by atoms with Gasteiger partial charge >= 0.3 is 13.8 Å². The number of allylic oxidation sites excluding steroid dienone is 4. The van der Waals surface area contributed by atoms with Crippen LogP contribution in [0.2, 0.25) is 0 Å². The minimum absolute atomic E-state index is 0. The summed E-state index contributed by atoms with van der Waals surface area (Å²) >= 11 is 0. The topological polar surface area (TPSA) is 211 Å². The molecule has 418 valence electrons. The third kappa shape index (κ3) is 14.2. The number of aliphatic hydroxyl groups is 2. The molecule has 1 heterocycles. The number of phosphoric ester groups is 1. The van der Waals surface area contributed by atoms with Crippen molar-refractivity contribution in [3.05, 3.63) is 89.0 Å². The van der Waals surface area contributed by atoms with Gasteiger partial charge in [0.1, 0.15) is 5.75 Å². The molecule has 0 bridgehead atoms. The van der Waals surface area contributed by atoms with Crippen LogP contribution in [0.5, 0.6) is 5.75 Å². The fraction of sp³-hybridized carbons (Fsp3) is 0.667. The Bertz CT molecular complexity index is 2330. The lowest BCUT2D eigenvalue weighted by Crippen LogP contribution is -2.63. The van der Waals surface area contributed by atoms with Gasteiger partial charge in [-0.25, -0.2) is 4.57 Å². The number of hydrogen-bond acceptors (Lipinski definition) is 13. The number of ketones is 2. The Balaban J connectivity index is 0.00000457. The summed E-state index contributed by atoms with van der Waals surface area (Å²) < 4.78 is 42.7. The van der Waals surface area contributed by atoms with Crippen molar-refractivity contribution >= 4 is 50.2 Å². The summed E-state index contributed by atoms with van der Waals surface area (Å²) in [6.07, 6.45) is 17.2. The predicted octanol–water partition coefficient (Wildman–Crippen LogP) is 9.11. The number of ether oxygens (including phenoxy) is 4. The van der Waals surface area contributed by atoms with E-state index >= 15 is 4.79 Å². The molecule has 0 amide bonds. The van der Waals surface area contributed by atoms with Gasteiger partial charge in [0, 0.05) is 54.5 Å². The number of carbonyl (C=O) groups is 3. The van der Waals surface area contributed by atoms with Gasteiger partial charge in [0.25, 0.3) is 0 Å². The van der Waals surface area contributed by atoms with Crippen molar-refractivity contribution in [1.82, 2.24) is 10.2 Å². The first kappa shape index (κ1) is 61.2. The summed E-state index contributed by atoms with van der Waals surface area (Å²) in [6.45, 7) is 8.06. The summed E-state index contributed by atoms with van der Waals surface area (Å²) in [5, 5.41) is 26.7. The average Bonchev–Trinajstić information content (AvgIpc) is 3.88. The van der Waals surface area contributed by atoms with Gasteiger partial charge in [-0.3, -0.25) is 29.1 Å². The van der Waals surface area contributed by atoms with E-state index in [0.717, 1.165) is 109 Å². The number of esters is 1. The first-order chi connectivity index (χ1) is 35.0. The van der Waals surface area contributed by atoms with Crippen molar-refractivity contribution in [2.75, 3.05) is 46.0 Å². The Hall–Kier alpha value is -3.02. The Morgan fingerprint density at radius 3 is 2.43 bits per heavy atom. The van der Waals surface area contributed by atoms with Crippen LogP contribution < -0.4 is 9.84 Å². The van der Waals surface area contributed by atoms with Crippen molar-refractivity contribution in [2.45, 2.75) is 160 Å². The quantitative estimate of drug-likeness (QED) is 0.0338. The summed E-state index contributed by atoms with van der Waals surface area (Å²) in [4.78, 5) is 62.5. The third-order valence-electron chi connectivity index (χ3n) is 17.5. The van der Waals surface area contributed by atoms with E-state index in [9.17, 15) is 34.2 Å². The Labute approximate surface area is 456 Å². The highest BCUT2D eigenvalue weighted by atomic mass is 35.5. The van der Waals surface area contributed by atoms with Gasteiger partial charge in [0.15, 0.2) is 24.3 Å². The van der Waals surface area contributed by atoms with Crippen molar-refractivity contribution in [1.29, 1.82) is 0 Å². The molecule has 1 aliphatic heterocycles. The molecular weight excluding hydrogens is 1020 g/mol. The first-order valence-electron chi connectivity index (χ1n) is 27.3. The highest BCUT2D eigenvalue weighted by molar-refractivity contribution is 7.46. The number of rotatable bonds is 26. The number of aliphatic hydroxyl groups excluding tert-OH is 2. The second kappa shape index (κ2) is 27.2. The lowest BCUT2D eigenvalue weighted by Gasteiger charge is -2.59. The number of aryl methyl sites for hydroxylation is 1. The van der Waals surface area contributed by atoms with E-state index in [1.165, 1.54) is 11.6 Å². The largest absolute Gasteiger partial charge is 0.524 e. The number of benzene rings is 2. The summed E-state index contributed by atoms with van der Waals surface area (Å²) in [6, 6.07) is 15.1. The van der Waals surface area contributed by atoms with Gasteiger partial charge in [-0.15, -0.1) is 24.8 Å². The first-order valence-corrected chi connectivity index (χ1v) is 28.8. The number of nitrogens with one attached hydrogen (secondary N) is 1. The fourth-order valence-electron chi connectivity index (χ4n) is 13.8. The number of unbranched alkanes of at least 4 members (excludes halogenated alkanes) is 4. The number of halogens is 2. The van der Waals surface area contributed by atoms with E-state index in [1.807, 2.05) is 19.1 Å². The van der Waals surface area contributed by atoms with Crippen LogP contribution in [0.4, 0.5) is 0 Å². The molecule has 5 N–H and O–H groups in total. The van der Waals surface area contributed by atoms with Crippen molar-refractivity contribution < 1.29 is 62.4 Å². The summed E-state index contributed by atoms with van der Waals surface area (Å²) in [5.74, 6) is -1.18. The van der Waals surface area contributed by atoms with Crippen molar-refractivity contribution in [2.24, 2.45) is 34.5 Å². The monoisotopic (exact) mass is 1100 g/mol. The van der Waals surface area contributed by atoms with Crippen LogP contribution in [0, 0.1) is 34.5 Å². The molecule has 1 unspecified atom stereocenters. The fourth-order valence-corrected chi connectivity index (χ4v) is 14.2. The average molecular weight is 1110 g/mol. The highest BCUT2D eigenvalue weighted by Gasteiger charge is 2.76. The molecule has 0 spiro atoms. The summed E-state index contributed by atoms with van der Waals surface area (Å²) in [5.41, 5.74) is 0.504.